The van der Waals surface area contributed by atoms with Gasteiger partial charge in [-0.2, -0.15) is 0 Å². The molecule has 0 amide bonds. The second-order valence-electron chi connectivity index (χ2n) is 7.60. The lowest BCUT2D eigenvalue weighted by Gasteiger charge is -2.29. The summed E-state index contributed by atoms with van der Waals surface area (Å²) in [6.07, 6.45) is 16.7. The minimum absolute atomic E-state index is 0.150. The maximum absolute atomic E-state index is 11.5. The van der Waals surface area contributed by atoms with Gasteiger partial charge in [0, 0.05) is 13.5 Å². The molecule has 0 fully saturated rings. The van der Waals surface area contributed by atoms with Gasteiger partial charge in [-0.1, -0.05) is 83.6 Å². The zero-order valence-electron chi connectivity index (χ0n) is 18.5. The highest BCUT2D eigenvalue weighted by Crippen LogP contribution is 2.26. The van der Waals surface area contributed by atoms with Crippen LogP contribution in [-0.4, -0.2) is 35.0 Å². The number of carbonyl (C=O) groups is 1. The Morgan fingerprint density at radius 2 is 1.37 bits per heavy atom. The van der Waals surface area contributed by atoms with E-state index in [0.29, 0.717) is 6.42 Å². The van der Waals surface area contributed by atoms with Gasteiger partial charge in [0.15, 0.2) is 5.60 Å². The second kappa shape index (κ2) is 19.9. The highest BCUT2D eigenvalue weighted by atomic mass is 16.5. The first kappa shape index (κ1) is 28.3. The molecule has 0 saturated heterocycles. The Morgan fingerprint density at radius 3 is 1.67 bits per heavy atom. The first-order chi connectivity index (χ1) is 12.9. The number of ether oxygens (including phenoxy) is 1. The van der Waals surface area contributed by atoms with Gasteiger partial charge in [-0.15, -0.1) is 6.58 Å². The molecule has 2 unspecified atom stereocenters. The molecule has 2 N–H and O–H groups in total. The molecular formula is C23H46O4. The summed E-state index contributed by atoms with van der Waals surface area (Å²) in [4.78, 5) is 11.5. The number of unbranched alkanes of at least 4 members (excludes halogenated alkanes) is 11. The van der Waals surface area contributed by atoms with E-state index >= 15 is 0 Å². The molecule has 4 heteroatoms. The number of aliphatic hydroxyl groups excluding tert-OH is 1. The second-order valence-corrected chi connectivity index (χ2v) is 7.60. The largest absolute Gasteiger partial charge is 0.479 e. The molecule has 0 rings (SSSR count). The van der Waals surface area contributed by atoms with Crippen molar-refractivity contribution in [1.82, 2.24) is 0 Å². The summed E-state index contributed by atoms with van der Waals surface area (Å²) in [5, 5.41) is 18.9. The topological polar surface area (TPSA) is 66.8 Å². The van der Waals surface area contributed by atoms with E-state index in [1.54, 1.807) is 13.0 Å². The van der Waals surface area contributed by atoms with Crippen LogP contribution in [0.2, 0.25) is 0 Å². The molecule has 0 aromatic carbocycles. The molecule has 2 atom stereocenters. The van der Waals surface area contributed by atoms with Crippen molar-refractivity contribution in [1.29, 1.82) is 0 Å². The lowest BCUT2D eigenvalue weighted by atomic mass is 9.90. The fourth-order valence-corrected chi connectivity index (χ4v) is 3.30. The molecule has 0 bridgehead atoms. The predicted octanol–water partition coefficient (Wildman–Crippen LogP) is 6.51. The van der Waals surface area contributed by atoms with Crippen LogP contribution in [0.25, 0.3) is 0 Å². The van der Waals surface area contributed by atoms with Crippen LogP contribution in [0.4, 0.5) is 0 Å². The highest BCUT2D eigenvalue weighted by molar-refractivity contribution is 5.77. The number of rotatable bonds is 17. The third-order valence-electron chi connectivity index (χ3n) is 4.84. The number of carboxylic acid groups (broad SMARTS) is 1. The third kappa shape index (κ3) is 17.0. The predicted molar refractivity (Wildman–Crippen MR) is 115 cm³/mol. The summed E-state index contributed by atoms with van der Waals surface area (Å²) in [6, 6.07) is 0. The van der Waals surface area contributed by atoms with Crippen molar-refractivity contribution in [2.75, 3.05) is 7.11 Å². The van der Waals surface area contributed by atoms with Crippen LogP contribution < -0.4 is 0 Å². The van der Waals surface area contributed by atoms with E-state index in [1.807, 2.05) is 6.92 Å². The fourth-order valence-electron chi connectivity index (χ4n) is 3.30. The minimum atomic E-state index is -1.23. The van der Waals surface area contributed by atoms with Crippen LogP contribution in [0.1, 0.15) is 111 Å². The number of carboxylic acids is 1. The van der Waals surface area contributed by atoms with E-state index in [2.05, 4.69) is 13.5 Å². The van der Waals surface area contributed by atoms with Crippen LogP contribution in [0.3, 0.4) is 0 Å². The molecule has 162 valence electrons. The maximum atomic E-state index is 11.5. The molecule has 0 radical (unpaired) electrons. The van der Waals surface area contributed by atoms with Crippen molar-refractivity contribution in [2.24, 2.45) is 0 Å². The summed E-state index contributed by atoms with van der Waals surface area (Å²) in [7, 11) is 1.43. The molecule has 0 aromatic rings. The van der Waals surface area contributed by atoms with Gasteiger partial charge in [0.25, 0.3) is 0 Å². The molecule has 0 heterocycles. The monoisotopic (exact) mass is 386 g/mol. The van der Waals surface area contributed by atoms with Crippen LogP contribution in [0.5, 0.6) is 0 Å². The van der Waals surface area contributed by atoms with Gasteiger partial charge < -0.3 is 14.9 Å². The zero-order valence-corrected chi connectivity index (χ0v) is 18.5. The summed E-state index contributed by atoms with van der Waals surface area (Å²) >= 11 is 0. The van der Waals surface area contributed by atoms with Crippen LogP contribution in [0, 0.1) is 0 Å². The average molecular weight is 387 g/mol. The van der Waals surface area contributed by atoms with E-state index < -0.39 is 17.7 Å². The molecule has 0 aliphatic carbocycles. The van der Waals surface area contributed by atoms with Gasteiger partial charge in [0.2, 0.25) is 0 Å². The van der Waals surface area contributed by atoms with Crippen molar-refractivity contribution < 1.29 is 19.7 Å². The van der Waals surface area contributed by atoms with Gasteiger partial charge in [-0.25, -0.2) is 4.79 Å². The number of aliphatic hydroxyl groups is 1. The first-order valence-electron chi connectivity index (χ1n) is 10.9. The van der Waals surface area contributed by atoms with Crippen molar-refractivity contribution in [3.8, 4) is 0 Å². The van der Waals surface area contributed by atoms with Crippen LogP contribution in [-0.2, 0) is 9.53 Å². The molecular weight excluding hydrogens is 340 g/mol. The van der Waals surface area contributed by atoms with Crippen molar-refractivity contribution >= 4 is 5.97 Å². The summed E-state index contributed by atoms with van der Waals surface area (Å²) < 4.78 is 5.25. The Labute approximate surface area is 168 Å². The number of allylic oxidation sites excluding steroid dienone is 1. The molecule has 0 aromatic heterocycles. The molecule has 4 nitrogen and oxygen atoms in total. The van der Waals surface area contributed by atoms with E-state index in [1.165, 1.54) is 64.9 Å². The normalized spacial score (nSPS) is 14.0. The Bertz CT molecular complexity index is 341. The average Bonchev–Trinajstić information content (AvgIpc) is 2.61. The smallest absolute Gasteiger partial charge is 0.336 e. The summed E-state index contributed by atoms with van der Waals surface area (Å²) in [5.74, 6) is -0.964. The van der Waals surface area contributed by atoms with Crippen molar-refractivity contribution in [3.63, 3.8) is 0 Å². The van der Waals surface area contributed by atoms with Gasteiger partial charge in [-0.05, 0) is 26.7 Å². The third-order valence-corrected chi connectivity index (χ3v) is 4.84. The van der Waals surface area contributed by atoms with Gasteiger partial charge in [-0.3, -0.25) is 0 Å². The molecule has 0 spiro atoms. The van der Waals surface area contributed by atoms with E-state index in [4.69, 9.17) is 4.74 Å². The van der Waals surface area contributed by atoms with E-state index in [-0.39, 0.29) is 6.42 Å². The van der Waals surface area contributed by atoms with Gasteiger partial charge in [0.05, 0.1) is 6.10 Å². The quantitative estimate of drug-likeness (QED) is 0.221. The number of aliphatic carboxylic acids is 1. The molecule has 27 heavy (non-hydrogen) atoms. The lowest BCUT2D eigenvalue weighted by Crippen LogP contribution is -2.43. The zero-order chi connectivity index (χ0) is 21.0. The van der Waals surface area contributed by atoms with Crippen molar-refractivity contribution in [2.45, 2.75) is 122 Å². The summed E-state index contributed by atoms with van der Waals surface area (Å²) in [6.45, 7) is 9.11. The Kier molecular flexibility index (Phi) is 20.9. The number of hydrogen-bond acceptors (Lipinski definition) is 3. The Balaban J connectivity index is 0. The fraction of sp³-hybridized carbons (Fsp3) is 0.870. The Morgan fingerprint density at radius 1 is 1.00 bits per heavy atom. The maximum Gasteiger partial charge on any atom is 0.336 e. The first-order valence-corrected chi connectivity index (χ1v) is 10.9. The van der Waals surface area contributed by atoms with Crippen LogP contribution in [0.15, 0.2) is 12.7 Å². The minimum Gasteiger partial charge on any atom is -0.479 e. The summed E-state index contributed by atoms with van der Waals surface area (Å²) in [5.41, 5.74) is -1.23. The van der Waals surface area contributed by atoms with Gasteiger partial charge >= 0.3 is 5.97 Å². The van der Waals surface area contributed by atoms with Crippen molar-refractivity contribution in [3.05, 3.63) is 12.7 Å². The Hall–Kier alpha value is -0.870. The molecule has 0 aliphatic rings. The molecule has 0 aliphatic heterocycles. The SMILES string of the molecule is C=CC.CCCCCCCCCCCCCCC(CC(C)O)(OC)C(=O)O. The van der Waals surface area contributed by atoms with Gasteiger partial charge in [0.1, 0.15) is 0 Å². The lowest BCUT2D eigenvalue weighted by molar-refractivity contribution is -0.167. The van der Waals surface area contributed by atoms with Crippen LogP contribution >= 0.6 is 0 Å². The van der Waals surface area contributed by atoms with E-state index in [9.17, 15) is 15.0 Å². The highest BCUT2D eigenvalue weighted by Gasteiger charge is 2.39. The number of hydrogen-bond donors (Lipinski definition) is 2. The number of methoxy groups -OCH3 is 1. The standard InChI is InChI=1S/C20H40O4.C3H6/c1-4-5-6-7-8-9-10-11-12-13-14-15-16-20(24-3,19(22)23)17-18(2)21;1-3-2/h18,21H,4-17H2,1-3H3,(H,22,23);3H,1H2,2H3. The van der Waals surface area contributed by atoms with E-state index in [0.717, 1.165) is 19.3 Å². The molecule has 0 saturated carbocycles.